The molecule has 0 aliphatic heterocycles. The Bertz CT molecular complexity index is 254. The maximum atomic E-state index is 11.8. The number of nitrogens with one attached hydrogen (secondary N) is 1. The molecule has 0 saturated heterocycles. The fourth-order valence-electron chi connectivity index (χ4n) is 1.87. The SMILES string of the molecule is CCOC(=O)C(C)(CCN(C)CC1CC1)NC. The van der Waals surface area contributed by atoms with Crippen LogP contribution in [-0.2, 0) is 9.53 Å². The van der Waals surface area contributed by atoms with E-state index in [1.807, 2.05) is 20.9 Å². The minimum Gasteiger partial charge on any atom is -0.465 e. The first-order valence-electron chi connectivity index (χ1n) is 6.56. The summed E-state index contributed by atoms with van der Waals surface area (Å²) in [6.45, 7) is 6.27. The molecule has 1 aliphatic rings. The van der Waals surface area contributed by atoms with E-state index < -0.39 is 5.54 Å². The van der Waals surface area contributed by atoms with Crippen LogP contribution in [-0.4, -0.2) is 50.2 Å². The van der Waals surface area contributed by atoms with Crippen LogP contribution >= 0.6 is 0 Å². The van der Waals surface area contributed by atoms with Crippen LogP contribution in [0.15, 0.2) is 0 Å². The topological polar surface area (TPSA) is 41.6 Å². The van der Waals surface area contributed by atoms with Crippen molar-refractivity contribution in [3.05, 3.63) is 0 Å². The van der Waals surface area contributed by atoms with Crippen molar-refractivity contribution in [3.8, 4) is 0 Å². The number of rotatable bonds is 8. The molecule has 1 saturated carbocycles. The molecular weight excluding hydrogens is 216 g/mol. The summed E-state index contributed by atoms with van der Waals surface area (Å²) in [6.07, 6.45) is 3.52. The maximum absolute atomic E-state index is 11.8. The molecule has 0 heterocycles. The van der Waals surface area contributed by atoms with E-state index >= 15 is 0 Å². The van der Waals surface area contributed by atoms with Crippen LogP contribution in [0.25, 0.3) is 0 Å². The molecule has 100 valence electrons. The Hall–Kier alpha value is -0.610. The Kier molecular flexibility index (Phi) is 5.40. The highest BCUT2D eigenvalue weighted by molar-refractivity contribution is 5.80. The highest BCUT2D eigenvalue weighted by atomic mass is 16.5. The van der Waals surface area contributed by atoms with Crippen molar-refractivity contribution in [3.63, 3.8) is 0 Å². The third-order valence-corrected chi connectivity index (χ3v) is 3.54. The van der Waals surface area contributed by atoms with Crippen molar-refractivity contribution in [2.45, 2.75) is 38.6 Å². The van der Waals surface area contributed by atoms with Crippen molar-refractivity contribution in [1.82, 2.24) is 10.2 Å². The molecule has 1 aliphatic carbocycles. The molecule has 0 aromatic carbocycles. The highest BCUT2D eigenvalue weighted by Crippen LogP contribution is 2.29. The van der Waals surface area contributed by atoms with Gasteiger partial charge in [-0.3, -0.25) is 4.79 Å². The molecule has 1 atom stereocenters. The summed E-state index contributed by atoms with van der Waals surface area (Å²) in [5, 5.41) is 3.09. The molecule has 0 radical (unpaired) electrons. The van der Waals surface area contributed by atoms with Gasteiger partial charge in [0, 0.05) is 13.1 Å². The molecule has 1 N–H and O–H groups in total. The van der Waals surface area contributed by atoms with Crippen LogP contribution in [0.5, 0.6) is 0 Å². The first kappa shape index (κ1) is 14.5. The van der Waals surface area contributed by atoms with Gasteiger partial charge in [-0.2, -0.15) is 0 Å². The molecular formula is C13H26N2O2. The summed E-state index contributed by atoms with van der Waals surface area (Å²) >= 11 is 0. The standard InChI is InChI=1S/C13H26N2O2/c1-5-17-12(16)13(2,14-3)8-9-15(4)10-11-6-7-11/h11,14H,5-10H2,1-4H3. The minimum atomic E-state index is -0.562. The van der Waals surface area contributed by atoms with Crippen molar-refractivity contribution < 1.29 is 9.53 Å². The molecule has 0 bridgehead atoms. The zero-order chi connectivity index (χ0) is 12.9. The lowest BCUT2D eigenvalue weighted by Crippen LogP contribution is -2.50. The van der Waals surface area contributed by atoms with Crippen LogP contribution in [0.4, 0.5) is 0 Å². The van der Waals surface area contributed by atoms with Gasteiger partial charge in [0.1, 0.15) is 5.54 Å². The van der Waals surface area contributed by atoms with E-state index in [9.17, 15) is 4.79 Å². The summed E-state index contributed by atoms with van der Waals surface area (Å²) in [5.41, 5.74) is -0.562. The highest BCUT2D eigenvalue weighted by Gasteiger charge is 2.33. The van der Waals surface area contributed by atoms with Gasteiger partial charge in [0.05, 0.1) is 6.61 Å². The average Bonchev–Trinajstić information content (AvgIpc) is 3.10. The summed E-state index contributed by atoms with van der Waals surface area (Å²) < 4.78 is 5.10. The second kappa shape index (κ2) is 6.36. The number of nitrogens with zero attached hydrogens (tertiary/aromatic N) is 1. The van der Waals surface area contributed by atoms with E-state index in [0.29, 0.717) is 6.61 Å². The lowest BCUT2D eigenvalue weighted by atomic mass is 9.98. The average molecular weight is 242 g/mol. The lowest BCUT2D eigenvalue weighted by molar-refractivity contribution is -0.150. The van der Waals surface area contributed by atoms with Gasteiger partial charge in [-0.15, -0.1) is 0 Å². The van der Waals surface area contributed by atoms with Gasteiger partial charge in [-0.25, -0.2) is 0 Å². The molecule has 17 heavy (non-hydrogen) atoms. The van der Waals surface area contributed by atoms with E-state index in [2.05, 4.69) is 17.3 Å². The van der Waals surface area contributed by atoms with E-state index in [0.717, 1.165) is 25.4 Å². The Morgan fingerprint density at radius 2 is 2.18 bits per heavy atom. The van der Waals surface area contributed by atoms with Gasteiger partial charge in [0.25, 0.3) is 0 Å². The fourth-order valence-corrected chi connectivity index (χ4v) is 1.87. The fraction of sp³-hybridized carbons (Fsp3) is 0.923. The number of hydrogen-bond acceptors (Lipinski definition) is 4. The second-order valence-corrected chi connectivity index (χ2v) is 5.26. The van der Waals surface area contributed by atoms with Crippen LogP contribution in [0.3, 0.4) is 0 Å². The quantitative estimate of drug-likeness (QED) is 0.651. The predicted molar refractivity (Wildman–Crippen MR) is 68.9 cm³/mol. The third kappa shape index (κ3) is 4.64. The Morgan fingerprint density at radius 1 is 1.53 bits per heavy atom. The first-order chi connectivity index (χ1) is 8.01. The Labute approximate surface area is 105 Å². The number of esters is 1. The molecule has 1 fully saturated rings. The van der Waals surface area contributed by atoms with Crippen molar-refractivity contribution in [2.24, 2.45) is 5.92 Å². The zero-order valence-corrected chi connectivity index (χ0v) is 11.6. The van der Waals surface area contributed by atoms with E-state index in [1.165, 1.54) is 12.8 Å². The molecule has 0 amide bonds. The van der Waals surface area contributed by atoms with Crippen LogP contribution in [0.2, 0.25) is 0 Å². The molecule has 0 aromatic rings. The van der Waals surface area contributed by atoms with Gasteiger partial charge in [-0.05, 0) is 53.1 Å². The molecule has 4 nitrogen and oxygen atoms in total. The maximum Gasteiger partial charge on any atom is 0.326 e. The third-order valence-electron chi connectivity index (χ3n) is 3.54. The normalized spacial score (nSPS) is 19.1. The summed E-state index contributed by atoms with van der Waals surface area (Å²) in [5.74, 6) is 0.741. The van der Waals surface area contributed by atoms with Crippen LogP contribution in [0.1, 0.15) is 33.1 Å². The van der Waals surface area contributed by atoms with E-state index in [-0.39, 0.29) is 5.97 Å². The van der Waals surface area contributed by atoms with Crippen LogP contribution < -0.4 is 5.32 Å². The van der Waals surface area contributed by atoms with Gasteiger partial charge in [0.2, 0.25) is 0 Å². The van der Waals surface area contributed by atoms with Crippen LogP contribution in [0, 0.1) is 5.92 Å². The Morgan fingerprint density at radius 3 is 2.65 bits per heavy atom. The van der Waals surface area contributed by atoms with Crippen molar-refractivity contribution in [1.29, 1.82) is 0 Å². The van der Waals surface area contributed by atoms with Crippen molar-refractivity contribution in [2.75, 3.05) is 33.8 Å². The zero-order valence-electron chi connectivity index (χ0n) is 11.6. The largest absolute Gasteiger partial charge is 0.465 e. The molecule has 0 aromatic heterocycles. The first-order valence-corrected chi connectivity index (χ1v) is 6.56. The molecule has 0 spiro atoms. The lowest BCUT2D eigenvalue weighted by Gasteiger charge is -2.29. The second-order valence-electron chi connectivity index (χ2n) is 5.26. The summed E-state index contributed by atoms with van der Waals surface area (Å²) in [7, 11) is 3.94. The molecule has 1 rings (SSSR count). The van der Waals surface area contributed by atoms with Gasteiger partial charge in [-0.1, -0.05) is 0 Å². The van der Waals surface area contributed by atoms with E-state index in [1.54, 1.807) is 0 Å². The van der Waals surface area contributed by atoms with E-state index in [4.69, 9.17) is 4.74 Å². The Balaban J connectivity index is 2.35. The number of carbonyl (C=O) groups excluding carboxylic acids is 1. The number of hydrogen-bond donors (Lipinski definition) is 1. The van der Waals surface area contributed by atoms with Gasteiger partial charge >= 0.3 is 5.97 Å². The monoisotopic (exact) mass is 242 g/mol. The van der Waals surface area contributed by atoms with Gasteiger partial charge in [0.15, 0.2) is 0 Å². The number of likely N-dealkylation sites (N-methyl/N-ethyl adjacent to an activating group) is 1. The smallest absolute Gasteiger partial charge is 0.326 e. The molecule has 1 unspecified atom stereocenters. The summed E-state index contributed by atoms with van der Waals surface area (Å²) in [4.78, 5) is 14.2. The predicted octanol–water partition coefficient (Wildman–Crippen LogP) is 1.26. The minimum absolute atomic E-state index is 0.151. The summed E-state index contributed by atoms with van der Waals surface area (Å²) in [6, 6.07) is 0. The van der Waals surface area contributed by atoms with Crippen molar-refractivity contribution >= 4 is 5.97 Å². The number of carbonyl (C=O) groups is 1. The number of ether oxygens (including phenoxy) is 1. The molecule has 4 heteroatoms. The van der Waals surface area contributed by atoms with Gasteiger partial charge < -0.3 is 15.0 Å².